The maximum Gasteiger partial charge on any atom is 0.189 e. The van der Waals surface area contributed by atoms with Crippen LogP contribution < -0.4 is 5.32 Å². The van der Waals surface area contributed by atoms with Gasteiger partial charge in [-0.25, -0.2) is 9.97 Å². The van der Waals surface area contributed by atoms with Gasteiger partial charge in [0.1, 0.15) is 5.82 Å². The molecule has 6 heteroatoms. The summed E-state index contributed by atoms with van der Waals surface area (Å²) in [5.41, 5.74) is 0.462. The van der Waals surface area contributed by atoms with Crippen molar-refractivity contribution in [3.8, 4) is 0 Å². The van der Waals surface area contributed by atoms with Crippen LogP contribution in [0, 0.1) is 0 Å². The SMILES string of the molecule is CSc1ncc(C=O)c(N[C@@H]2CC[C@@H](O)C2)n1. The Kier molecular flexibility index (Phi) is 3.96. The Morgan fingerprint density at radius 1 is 1.59 bits per heavy atom. The van der Waals surface area contributed by atoms with E-state index in [1.165, 1.54) is 18.0 Å². The Morgan fingerprint density at radius 3 is 3.00 bits per heavy atom. The topological polar surface area (TPSA) is 75.1 Å². The van der Waals surface area contributed by atoms with Gasteiger partial charge in [0.15, 0.2) is 11.4 Å². The molecule has 0 aromatic carbocycles. The first-order valence-electron chi connectivity index (χ1n) is 5.53. The maximum absolute atomic E-state index is 10.9. The molecule has 1 fully saturated rings. The van der Waals surface area contributed by atoms with E-state index in [1.807, 2.05) is 6.26 Å². The molecule has 5 nitrogen and oxygen atoms in total. The molecule has 0 saturated heterocycles. The molecule has 1 aromatic rings. The predicted molar refractivity (Wildman–Crippen MR) is 66.5 cm³/mol. The van der Waals surface area contributed by atoms with Crippen molar-refractivity contribution < 1.29 is 9.90 Å². The highest BCUT2D eigenvalue weighted by atomic mass is 32.2. The third-order valence-corrected chi connectivity index (χ3v) is 3.41. The third kappa shape index (κ3) is 2.95. The van der Waals surface area contributed by atoms with Crippen molar-refractivity contribution in [1.82, 2.24) is 9.97 Å². The summed E-state index contributed by atoms with van der Waals surface area (Å²) in [6, 6.07) is 0.188. The minimum absolute atomic E-state index is 0.188. The second-order valence-electron chi connectivity index (χ2n) is 4.09. The summed E-state index contributed by atoms with van der Waals surface area (Å²) in [5, 5.41) is 13.3. The van der Waals surface area contributed by atoms with E-state index in [0.29, 0.717) is 23.0 Å². The van der Waals surface area contributed by atoms with Crippen molar-refractivity contribution in [2.45, 2.75) is 36.6 Å². The lowest BCUT2D eigenvalue weighted by Gasteiger charge is -2.14. The zero-order chi connectivity index (χ0) is 12.3. The molecule has 2 rings (SSSR count). The predicted octanol–water partition coefficient (Wildman–Crippen LogP) is 1.34. The van der Waals surface area contributed by atoms with Crippen molar-refractivity contribution in [3.05, 3.63) is 11.8 Å². The third-order valence-electron chi connectivity index (χ3n) is 2.85. The number of aliphatic hydroxyl groups excluding tert-OH is 1. The highest BCUT2D eigenvalue weighted by Crippen LogP contribution is 2.24. The minimum Gasteiger partial charge on any atom is -0.393 e. The monoisotopic (exact) mass is 253 g/mol. The normalized spacial score (nSPS) is 23.6. The minimum atomic E-state index is -0.242. The molecular formula is C11H15N3O2S. The largest absolute Gasteiger partial charge is 0.393 e. The summed E-state index contributed by atoms with van der Waals surface area (Å²) in [4.78, 5) is 19.2. The van der Waals surface area contributed by atoms with Gasteiger partial charge in [0.05, 0.1) is 11.7 Å². The van der Waals surface area contributed by atoms with E-state index in [-0.39, 0.29) is 12.1 Å². The van der Waals surface area contributed by atoms with Crippen LogP contribution in [0.1, 0.15) is 29.6 Å². The van der Waals surface area contributed by atoms with Crippen LogP contribution in [0.2, 0.25) is 0 Å². The molecule has 2 atom stereocenters. The molecule has 0 bridgehead atoms. The number of rotatable bonds is 4. The van der Waals surface area contributed by atoms with E-state index >= 15 is 0 Å². The lowest BCUT2D eigenvalue weighted by Crippen LogP contribution is -2.19. The van der Waals surface area contributed by atoms with Gasteiger partial charge in [0.2, 0.25) is 0 Å². The molecule has 1 aliphatic carbocycles. The van der Waals surface area contributed by atoms with E-state index in [0.717, 1.165) is 19.1 Å². The molecule has 0 amide bonds. The van der Waals surface area contributed by atoms with Crippen molar-refractivity contribution >= 4 is 23.9 Å². The average molecular weight is 253 g/mol. The highest BCUT2D eigenvalue weighted by Gasteiger charge is 2.23. The second kappa shape index (κ2) is 5.46. The van der Waals surface area contributed by atoms with Crippen LogP contribution >= 0.6 is 11.8 Å². The second-order valence-corrected chi connectivity index (χ2v) is 4.86. The number of nitrogens with one attached hydrogen (secondary N) is 1. The van der Waals surface area contributed by atoms with Crippen LogP contribution in [0.5, 0.6) is 0 Å². The van der Waals surface area contributed by atoms with Gasteiger partial charge >= 0.3 is 0 Å². The molecule has 1 aliphatic rings. The number of nitrogens with zero attached hydrogens (tertiary/aromatic N) is 2. The van der Waals surface area contributed by atoms with E-state index in [1.54, 1.807) is 0 Å². The molecule has 1 heterocycles. The molecule has 1 aromatic heterocycles. The van der Waals surface area contributed by atoms with Gasteiger partial charge in [-0.1, -0.05) is 11.8 Å². The molecule has 0 aliphatic heterocycles. The lowest BCUT2D eigenvalue weighted by molar-refractivity contribution is 0.112. The first kappa shape index (κ1) is 12.3. The van der Waals surface area contributed by atoms with Crippen LogP contribution in [0.25, 0.3) is 0 Å². The zero-order valence-electron chi connectivity index (χ0n) is 9.59. The van der Waals surface area contributed by atoms with Gasteiger partial charge in [0.25, 0.3) is 0 Å². The first-order valence-corrected chi connectivity index (χ1v) is 6.76. The summed E-state index contributed by atoms with van der Waals surface area (Å²) in [6.07, 6.45) is 6.33. The number of thioether (sulfide) groups is 1. The van der Waals surface area contributed by atoms with Gasteiger partial charge in [-0.3, -0.25) is 4.79 Å². The van der Waals surface area contributed by atoms with E-state index in [2.05, 4.69) is 15.3 Å². The molecule has 17 heavy (non-hydrogen) atoms. The van der Waals surface area contributed by atoms with Crippen LogP contribution in [0.3, 0.4) is 0 Å². The quantitative estimate of drug-likeness (QED) is 0.479. The number of hydrogen-bond donors (Lipinski definition) is 2. The van der Waals surface area contributed by atoms with Crippen LogP contribution in [0.15, 0.2) is 11.4 Å². The number of aldehydes is 1. The summed E-state index contributed by atoms with van der Waals surface area (Å²) >= 11 is 1.43. The summed E-state index contributed by atoms with van der Waals surface area (Å²) in [5.74, 6) is 0.568. The summed E-state index contributed by atoms with van der Waals surface area (Å²) in [7, 11) is 0. The van der Waals surface area contributed by atoms with Crippen molar-refractivity contribution in [1.29, 1.82) is 0 Å². The van der Waals surface area contributed by atoms with Gasteiger partial charge in [-0.05, 0) is 25.5 Å². The van der Waals surface area contributed by atoms with Crippen molar-refractivity contribution in [2.75, 3.05) is 11.6 Å². The van der Waals surface area contributed by atoms with E-state index in [4.69, 9.17) is 0 Å². The molecular weight excluding hydrogens is 238 g/mol. The Hall–Kier alpha value is -1.14. The maximum atomic E-state index is 10.9. The Balaban J connectivity index is 2.15. The van der Waals surface area contributed by atoms with Crippen LogP contribution in [-0.4, -0.2) is 39.8 Å². The Bertz CT molecular complexity index is 414. The average Bonchev–Trinajstić information content (AvgIpc) is 2.74. The zero-order valence-corrected chi connectivity index (χ0v) is 10.4. The fraction of sp³-hybridized carbons (Fsp3) is 0.545. The number of carbonyl (C=O) groups excluding carboxylic acids is 1. The molecule has 1 saturated carbocycles. The van der Waals surface area contributed by atoms with Crippen LogP contribution in [0.4, 0.5) is 5.82 Å². The summed E-state index contributed by atoms with van der Waals surface area (Å²) < 4.78 is 0. The molecule has 0 unspecified atom stereocenters. The van der Waals surface area contributed by atoms with Crippen molar-refractivity contribution in [2.24, 2.45) is 0 Å². The smallest absolute Gasteiger partial charge is 0.189 e. The summed E-state index contributed by atoms with van der Waals surface area (Å²) in [6.45, 7) is 0. The molecule has 0 radical (unpaired) electrons. The highest BCUT2D eigenvalue weighted by molar-refractivity contribution is 7.98. The van der Waals surface area contributed by atoms with Gasteiger partial charge < -0.3 is 10.4 Å². The number of aromatic nitrogens is 2. The van der Waals surface area contributed by atoms with E-state index < -0.39 is 0 Å². The Morgan fingerprint density at radius 2 is 2.41 bits per heavy atom. The van der Waals surface area contributed by atoms with Gasteiger partial charge in [0, 0.05) is 12.2 Å². The number of hydrogen-bond acceptors (Lipinski definition) is 6. The molecule has 0 spiro atoms. The first-order chi connectivity index (χ1) is 8.22. The van der Waals surface area contributed by atoms with Crippen LogP contribution in [-0.2, 0) is 0 Å². The fourth-order valence-electron chi connectivity index (χ4n) is 1.96. The number of carbonyl (C=O) groups is 1. The molecule has 92 valence electrons. The lowest BCUT2D eigenvalue weighted by atomic mass is 10.2. The fourth-order valence-corrected chi connectivity index (χ4v) is 2.30. The van der Waals surface area contributed by atoms with Gasteiger partial charge in [-0.2, -0.15) is 0 Å². The van der Waals surface area contributed by atoms with Crippen molar-refractivity contribution in [3.63, 3.8) is 0 Å². The number of aliphatic hydroxyl groups is 1. The van der Waals surface area contributed by atoms with E-state index in [9.17, 15) is 9.90 Å². The molecule has 2 N–H and O–H groups in total. The standard InChI is InChI=1S/C11H15N3O2S/c1-17-11-12-5-7(6-15)10(14-11)13-8-2-3-9(16)4-8/h5-6,8-9,16H,2-4H2,1H3,(H,12,13,14)/t8-,9-/m1/s1. The van der Waals surface area contributed by atoms with Gasteiger partial charge in [-0.15, -0.1) is 0 Å². The Labute approximate surface area is 104 Å². The number of anilines is 1.